The lowest BCUT2D eigenvalue weighted by molar-refractivity contribution is -0.114. The number of amides is 1. The van der Waals surface area contributed by atoms with Crippen molar-refractivity contribution in [2.24, 2.45) is 10.7 Å². The molecule has 1 saturated carbocycles. The van der Waals surface area contributed by atoms with Crippen molar-refractivity contribution < 1.29 is 4.79 Å². The Bertz CT molecular complexity index is 482. The average molecular weight is 372 g/mol. The molecule has 0 unspecified atom stereocenters. The first-order valence-electron chi connectivity index (χ1n) is 6.14. The zero-order valence-electron chi connectivity index (χ0n) is 10.8. The minimum absolute atomic E-state index is 0.0505. The second-order valence-electron chi connectivity index (χ2n) is 4.57. The van der Waals surface area contributed by atoms with E-state index in [2.05, 4.69) is 32.9 Å². The van der Waals surface area contributed by atoms with E-state index in [9.17, 15) is 4.79 Å². The van der Waals surface area contributed by atoms with Crippen LogP contribution in [0, 0.1) is 3.57 Å². The van der Waals surface area contributed by atoms with E-state index < -0.39 is 0 Å². The Morgan fingerprint density at radius 1 is 1.47 bits per heavy atom. The first-order chi connectivity index (χ1) is 9.06. The Balaban J connectivity index is 1.83. The number of nitrogens with one attached hydrogen (secondary N) is 1. The van der Waals surface area contributed by atoms with E-state index in [1.807, 2.05) is 36.2 Å². The number of nitrogens with zero attached hydrogens (tertiary/aromatic N) is 2. The Kier molecular flexibility index (Phi) is 4.62. The summed E-state index contributed by atoms with van der Waals surface area (Å²) < 4.78 is 1.13. The first-order valence-corrected chi connectivity index (χ1v) is 7.22. The number of benzene rings is 1. The van der Waals surface area contributed by atoms with Crippen molar-refractivity contribution in [3.05, 3.63) is 27.8 Å². The fourth-order valence-corrected chi connectivity index (χ4v) is 2.01. The van der Waals surface area contributed by atoms with Crippen molar-refractivity contribution in [3.8, 4) is 0 Å². The normalized spacial score (nSPS) is 15.2. The van der Waals surface area contributed by atoms with Gasteiger partial charge in [-0.3, -0.25) is 4.79 Å². The van der Waals surface area contributed by atoms with Gasteiger partial charge in [0, 0.05) is 22.3 Å². The van der Waals surface area contributed by atoms with Crippen LogP contribution in [0.4, 0.5) is 5.69 Å². The summed E-state index contributed by atoms with van der Waals surface area (Å²) in [6, 6.07) is 8.11. The number of halogens is 1. The van der Waals surface area contributed by atoms with Gasteiger partial charge < -0.3 is 16.0 Å². The molecule has 1 aromatic rings. The minimum Gasteiger partial charge on any atom is -0.370 e. The molecule has 1 amide bonds. The molecule has 0 bridgehead atoms. The Morgan fingerprint density at radius 3 is 2.68 bits per heavy atom. The predicted octanol–water partition coefficient (Wildman–Crippen LogP) is 1.64. The highest BCUT2D eigenvalue weighted by atomic mass is 127. The summed E-state index contributed by atoms with van der Waals surface area (Å²) in [5.41, 5.74) is 6.59. The zero-order chi connectivity index (χ0) is 13.8. The van der Waals surface area contributed by atoms with Crippen molar-refractivity contribution in [2.45, 2.75) is 18.9 Å². The number of nitrogens with two attached hydrogens (primary N) is 1. The van der Waals surface area contributed by atoms with Crippen LogP contribution in [-0.2, 0) is 4.79 Å². The highest BCUT2D eigenvalue weighted by Crippen LogP contribution is 2.24. The second-order valence-corrected chi connectivity index (χ2v) is 5.82. The van der Waals surface area contributed by atoms with Gasteiger partial charge in [-0.2, -0.15) is 0 Å². The van der Waals surface area contributed by atoms with Crippen LogP contribution in [0.2, 0.25) is 0 Å². The number of carbonyl (C=O) groups is 1. The van der Waals surface area contributed by atoms with Crippen LogP contribution in [0.3, 0.4) is 0 Å². The van der Waals surface area contributed by atoms with Gasteiger partial charge in [-0.15, -0.1) is 0 Å². The molecule has 102 valence electrons. The van der Waals surface area contributed by atoms with E-state index in [4.69, 9.17) is 5.73 Å². The molecule has 2 rings (SSSR count). The van der Waals surface area contributed by atoms with E-state index in [0.717, 1.165) is 22.1 Å². The molecule has 3 N–H and O–H groups in total. The molecule has 0 atom stereocenters. The number of aliphatic imine (C=N–C) groups is 1. The van der Waals surface area contributed by atoms with Crippen LogP contribution in [0.5, 0.6) is 0 Å². The topological polar surface area (TPSA) is 70.7 Å². The molecule has 1 fully saturated rings. The molecule has 0 radical (unpaired) electrons. The van der Waals surface area contributed by atoms with Gasteiger partial charge in [-0.25, -0.2) is 4.99 Å². The smallest absolute Gasteiger partial charge is 0.246 e. The van der Waals surface area contributed by atoms with Crippen molar-refractivity contribution in [1.29, 1.82) is 0 Å². The summed E-state index contributed by atoms with van der Waals surface area (Å²) in [6.45, 7) is 0.0505. The van der Waals surface area contributed by atoms with E-state index >= 15 is 0 Å². The summed E-state index contributed by atoms with van der Waals surface area (Å²) in [6.07, 6.45) is 2.31. The zero-order valence-corrected chi connectivity index (χ0v) is 12.9. The molecular weight excluding hydrogens is 355 g/mol. The maximum absolute atomic E-state index is 11.7. The van der Waals surface area contributed by atoms with E-state index in [1.165, 1.54) is 0 Å². The van der Waals surface area contributed by atoms with Gasteiger partial charge in [0.05, 0.1) is 0 Å². The monoisotopic (exact) mass is 372 g/mol. The molecule has 0 saturated heterocycles. The van der Waals surface area contributed by atoms with E-state index in [-0.39, 0.29) is 12.5 Å². The molecule has 6 heteroatoms. The fourth-order valence-electron chi connectivity index (χ4n) is 1.65. The number of rotatable bonds is 4. The van der Waals surface area contributed by atoms with Crippen LogP contribution < -0.4 is 11.1 Å². The summed E-state index contributed by atoms with van der Waals surface area (Å²) in [7, 11) is 1.91. The minimum atomic E-state index is -0.159. The molecule has 1 aromatic carbocycles. The molecule has 0 heterocycles. The standard InChI is InChI=1S/C13H17IN4O/c1-18(11-6-7-11)13(15)16-8-12(19)17-10-4-2-9(14)3-5-10/h2-5,11H,6-8H2,1H3,(H2,15,16)(H,17,19). The van der Waals surface area contributed by atoms with Crippen molar-refractivity contribution in [2.75, 3.05) is 18.9 Å². The molecule has 5 nitrogen and oxygen atoms in total. The molecule has 1 aliphatic rings. The molecule has 0 aliphatic heterocycles. The van der Waals surface area contributed by atoms with Gasteiger partial charge in [0.15, 0.2) is 5.96 Å². The van der Waals surface area contributed by atoms with Crippen LogP contribution in [0.25, 0.3) is 0 Å². The SMILES string of the molecule is CN(C(N)=NCC(=O)Nc1ccc(I)cc1)C1CC1. The first kappa shape index (κ1) is 14.1. The van der Waals surface area contributed by atoms with Gasteiger partial charge in [-0.1, -0.05) is 0 Å². The number of carbonyl (C=O) groups excluding carboxylic acids is 1. The molecule has 1 aliphatic carbocycles. The highest BCUT2D eigenvalue weighted by molar-refractivity contribution is 14.1. The molecule has 0 aromatic heterocycles. The summed E-state index contributed by atoms with van der Waals surface area (Å²) in [4.78, 5) is 17.8. The van der Waals surface area contributed by atoms with Gasteiger partial charge in [0.1, 0.15) is 6.54 Å². The van der Waals surface area contributed by atoms with Crippen molar-refractivity contribution >= 4 is 40.1 Å². The van der Waals surface area contributed by atoms with E-state index in [1.54, 1.807) is 0 Å². The van der Waals surface area contributed by atoms with E-state index in [0.29, 0.717) is 12.0 Å². The Labute approximate surface area is 126 Å². The van der Waals surface area contributed by atoms with Gasteiger partial charge in [-0.05, 0) is 59.7 Å². The lowest BCUT2D eigenvalue weighted by Crippen LogP contribution is -2.36. The second kappa shape index (κ2) is 6.23. The van der Waals surface area contributed by atoms with Crippen LogP contribution in [0.15, 0.2) is 29.3 Å². The molecule has 0 spiro atoms. The number of hydrogen-bond donors (Lipinski definition) is 2. The summed E-state index contributed by atoms with van der Waals surface area (Å²) in [5.74, 6) is 0.272. The number of guanidine groups is 1. The lowest BCUT2D eigenvalue weighted by Gasteiger charge is -2.16. The van der Waals surface area contributed by atoms with Crippen LogP contribution in [0.1, 0.15) is 12.8 Å². The third-order valence-electron chi connectivity index (χ3n) is 2.97. The predicted molar refractivity (Wildman–Crippen MR) is 85.1 cm³/mol. The quantitative estimate of drug-likeness (QED) is 0.480. The third-order valence-corrected chi connectivity index (χ3v) is 3.69. The van der Waals surface area contributed by atoms with Crippen LogP contribution in [-0.4, -0.2) is 36.4 Å². The third kappa shape index (κ3) is 4.38. The molecular formula is C13H17IN4O. The Morgan fingerprint density at radius 2 is 2.11 bits per heavy atom. The maximum atomic E-state index is 11.7. The summed E-state index contributed by atoms with van der Waals surface area (Å²) in [5, 5.41) is 2.78. The Hall–Kier alpha value is -1.31. The highest BCUT2D eigenvalue weighted by Gasteiger charge is 2.27. The van der Waals surface area contributed by atoms with Crippen molar-refractivity contribution in [1.82, 2.24) is 4.90 Å². The lowest BCUT2D eigenvalue weighted by atomic mass is 10.3. The number of hydrogen-bond acceptors (Lipinski definition) is 2. The van der Waals surface area contributed by atoms with Gasteiger partial charge >= 0.3 is 0 Å². The van der Waals surface area contributed by atoms with Gasteiger partial charge in [0.2, 0.25) is 5.91 Å². The van der Waals surface area contributed by atoms with Crippen LogP contribution >= 0.6 is 22.6 Å². The average Bonchev–Trinajstić information content (AvgIpc) is 3.22. The molecule has 19 heavy (non-hydrogen) atoms. The largest absolute Gasteiger partial charge is 0.370 e. The maximum Gasteiger partial charge on any atom is 0.246 e. The van der Waals surface area contributed by atoms with Gasteiger partial charge in [0.25, 0.3) is 0 Å². The number of anilines is 1. The fraction of sp³-hybridized carbons (Fsp3) is 0.385. The van der Waals surface area contributed by atoms with Crippen molar-refractivity contribution in [3.63, 3.8) is 0 Å². The summed E-state index contributed by atoms with van der Waals surface area (Å²) >= 11 is 2.22.